The summed E-state index contributed by atoms with van der Waals surface area (Å²) in [7, 11) is 0. The van der Waals surface area contributed by atoms with Gasteiger partial charge in [0.2, 0.25) is 5.91 Å². The number of aliphatic hydroxyl groups is 1. The van der Waals surface area contributed by atoms with Gasteiger partial charge in [-0.05, 0) is 42.5 Å². The number of rotatable bonds is 5. The summed E-state index contributed by atoms with van der Waals surface area (Å²) >= 11 is 0. The third-order valence-corrected chi connectivity index (χ3v) is 4.56. The fraction of sp³-hybridized carbons (Fsp3) is 0.368. The molecule has 0 saturated heterocycles. The zero-order chi connectivity index (χ0) is 18.7. The molecule has 0 aliphatic heterocycles. The highest BCUT2D eigenvalue weighted by Gasteiger charge is 2.36. The molecule has 1 aliphatic rings. The van der Waals surface area contributed by atoms with Crippen molar-refractivity contribution in [3.8, 4) is 0 Å². The van der Waals surface area contributed by atoms with Crippen LogP contribution < -0.4 is 5.32 Å². The number of benzene rings is 1. The second-order valence-corrected chi connectivity index (χ2v) is 6.56. The van der Waals surface area contributed by atoms with Crippen LogP contribution in [0.1, 0.15) is 35.7 Å². The Labute approximate surface area is 149 Å². The highest BCUT2D eigenvalue weighted by molar-refractivity contribution is 5.79. The molecule has 1 amide bonds. The maximum atomic E-state index is 12.8. The van der Waals surface area contributed by atoms with Gasteiger partial charge in [0.15, 0.2) is 0 Å². The van der Waals surface area contributed by atoms with Crippen molar-refractivity contribution in [2.45, 2.75) is 37.6 Å². The number of aliphatic hydroxyl groups excluding tert-OH is 1. The first-order valence-corrected chi connectivity index (χ1v) is 8.37. The molecule has 1 atom stereocenters. The Morgan fingerprint density at radius 3 is 2.62 bits per heavy atom. The number of halogens is 3. The summed E-state index contributed by atoms with van der Waals surface area (Å²) in [6.07, 6.45) is -2.23. The number of hydrogen-bond acceptors (Lipinski definition) is 3. The molecule has 2 N–H and O–H groups in total. The average Bonchev–Trinajstić information content (AvgIpc) is 2.57. The van der Waals surface area contributed by atoms with Crippen LogP contribution in [0.5, 0.6) is 0 Å². The summed E-state index contributed by atoms with van der Waals surface area (Å²) in [4.78, 5) is 16.7. The number of alkyl halides is 3. The first kappa shape index (κ1) is 18.4. The predicted octanol–water partition coefficient (Wildman–Crippen LogP) is 3.27. The molecule has 1 aromatic heterocycles. The van der Waals surface area contributed by atoms with Crippen LogP contribution in [-0.2, 0) is 17.4 Å². The van der Waals surface area contributed by atoms with Gasteiger partial charge in [0, 0.05) is 6.20 Å². The van der Waals surface area contributed by atoms with Crippen molar-refractivity contribution in [3.05, 3.63) is 65.5 Å². The topological polar surface area (TPSA) is 62.2 Å². The summed E-state index contributed by atoms with van der Waals surface area (Å²) in [6.45, 7) is 0. The minimum Gasteiger partial charge on any atom is -0.393 e. The Morgan fingerprint density at radius 1 is 1.23 bits per heavy atom. The minimum atomic E-state index is -4.44. The molecule has 7 heteroatoms. The second kappa shape index (κ2) is 7.45. The smallest absolute Gasteiger partial charge is 0.393 e. The molecule has 0 spiro atoms. The van der Waals surface area contributed by atoms with Crippen molar-refractivity contribution in [2.75, 3.05) is 0 Å². The summed E-state index contributed by atoms with van der Waals surface area (Å²) in [5.41, 5.74) is 0.207. The quantitative estimate of drug-likeness (QED) is 0.856. The molecule has 4 nitrogen and oxygen atoms in total. The summed E-state index contributed by atoms with van der Waals surface area (Å²) in [5, 5.41) is 12.4. The van der Waals surface area contributed by atoms with Gasteiger partial charge in [-0.1, -0.05) is 24.3 Å². The van der Waals surface area contributed by atoms with E-state index in [0.29, 0.717) is 24.1 Å². The van der Waals surface area contributed by atoms with E-state index in [2.05, 4.69) is 10.3 Å². The molecule has 26 heavy (non-hydrogen) atoms. The normalized spacial score (nSPS) is 20.9. The number of nitrogens with zero attached hydrogens (tertiary/aromatic N) is 1. The molecule has 1 aromatic carbocycles. The Balaban J connectivity index is 1.70. The molecule has 0 radical (unpaired) electrons. The van der Waals surface area contributed by atoms with Crippen LogP contribution in [0.3, 0.4) is 0 Å². The summed E-state index contributed by atoms with van der Waals surface area (Å²) in [5.74, 6) is -0.313. The van der Waals surface area contributed by atoms with Crippen LogP contribution in [0.4, 0.5) is 13.2 Å². The number of carbonyl (C=O) groups is 1. The van der Waals surface area contributed by atoms with Gasteiger partial charge in [0.05, 0.1) is 29.8 Å². The third kappa shape index (κ3) is 4.40. The Kier molecular flexibility index (Phi) is 5.27. The van der Waals surface area contributed by atoms with Gasteiger partial charge in [0.25, 0.3) is 0 Å². The average molecular weight is 364 g/mol. The van der Waals surface area contributed by atoms with E-state index in [1.54, 1.807) is 18.3 Å². The molecule has 138 valence electrons. The van der Waals surface area contributed by atoms with Crippen molar-refractivity contribution >= 4 is 5.91 Å². The number of pyridine rings is 1. The van der Waals surface area contributed by atoms with E-state index in [1.807, 2.05) is 6.07 Å². The number of hydrogen-bond donors (Lipinski definition) is 2. The van der Waals surface area contributed by atoms with Gasteiger partial charge in [0.1, 0.15) is 0 Å². The Morgan fingerprint density at radius 2 is 2.00 bits per heavy atom. The lowest BCUT2D eigenvalue weighted by atomic mass is 9.76. The molecule has 0 bridgehead atoms. The van der Waals surface area contributed by atoms with E-state index in [-0.39, 0.29) is 30.4 Å². The fourth-order valence-corrected chi connectivity index (χ4v) is 3.16. The number of aromatic nitrogens is 1. The van der Waals surface area contributed by atoms with E-state index in [0.717, 1.165) is 12.1 Å². The summed E-state index contributed by atoms with van der Waals surface area (Å²) in [6, 6.07) is 9.76. The highest BCUT2D eigenvalue weighted by atomic mass is 19.4. The van der Waals surface area contributed by atoms with Crippen molar-refractivity contribution in [2.24, 2.45) is 5.92 Å². The monoisotopic (exact) mass is 364 g/mol. The first-order chi connectivity index (χ1) is 12.3. The van der Waals surface area contributed by atoms with Crippen molar-refractivity contribution < 1.29 is 23.1 Å². The molecule has 0 unspecified atom stereocenters. The molecular weight excluding hydrogens is 345 g/mol. The molecule has 1 heterocycles. The predicted molar refractivity (Wildman–Crippen MR) is 89.0 cm³/mol. The van der Waals surface area contributed by atoms with Crippen LogP contribution in [0.25, 0.3) is 0 Å². The lowest BCUT2D eigenvalue weighted by molar-refractivity contribution is -0.137. The molecule has 1 aliphatic carbocycles. The van der Waals surface area contributed by atoms with E-state index >= 15 is 0 Å². The number of amides is 1. The lowest BCUT2D eigenvalue weighted by Crippen LogP contribution is -2.42. The number of carbonyl (C=O) groups excluding carboxylic acids is 1. The van der Waals surface area contributed by atoms with E-state index < -0.39 is 11.7 Å². The highest BCUT2D eigenvalue weighted by Crippen LogP contribution is 2.37. The first-order valence-electron chi connectivity index (χ1n) is 8.37. The van der Waals surface area contributed by atoms with Gasteiger partial charge in [-0.2, -0.15) is 13.2 Å². The van der Waals surface area contributed by atoms with E-state index in [9.17, 15) is 23.1 Å². The maximum Gasteiger partial charge on any atom is 0.416 e. The van der Waals surface area contributed by atoms with Crippen molar-refractivity contribution in [3.63, 3.8) is 0 Å². The lowest BCUT2D eigenvalue weighted by Gasteiger charge is -2.37. The number of nitrogens with one attached hydrogen (secondary N) is 1. The van der Waals surface area contributed by atoms with Gasteiger partial charge >= 0.3 is 6.18 Å². The molecular formula is C19H19F3N2O2. The van der Waals surface area contributed by atoms with Crippen LogP contribution in [0.2, 0.25) is 0 Å². The second-order valence-electron chi connectivity index (χ2n) is 6.56. The molecule has 1 saturated carbocycles. The minimum absolute atomic E-state index is 0.0605. The van der Waals surface area contributed by atoms with Gasteiger partial charge in [-0.15, -0.1) is 0 Å². The van der Waals surface area contributed by atoms with Gasteiger partial charge in [-0.25, -0.2) is 0 Å². The largest absolute Gasteiger partial charge is 0.416 e. The zero-order valence-electron chi connectivity index (χ0n) is 13.9. The zero-order valence-corrected chi connectivity index (χ0v) is 13.9. The summed E-state index contributed by atoms with van der Waals surface area (Å²) < 4.78 is 38.4. The SMILES string of the molecule is O=C(Cc1cccc(C(F)(F)F)c1)N[C@@H](c1ccccn1)C1CC(O)C1. The van der Waals surface area contributed by atoms with Gasteiger partial charge in [-0.3, -0.25) is 9.78 Å². The van der Waals surface area contributed by atoms with Crippen LogP contribution >= 0.6 is 0 Å². The van der Waals surface area contributed by atoms with Crippen LogP contribution in [0, 0.1) is 5.92 Å². The fourth-order valence-electron chi connectivity index (χ4n) is 3.16. The third-order valence-electron chi connectivity index (χ3n) is 4.56. The Bertz CT molecular complexity index is 759. The van der Waals surface area contributed by atoms with Crippen LogP contribution in [0.15, 0.2) is 48.7 Å². The standard InChI is InChI=1S/C19H19F3N2O2/c20-19(21,22)14-5-3-4-12(8-14)9-17(26)24-18(13-10-15(25)11-13)16-6-1-2-7-23-16/h1-8,13,15,18,25H,9-11H2,(H,24,26)/t13?,15?,18-/m1/s1. The Hall–Kier alpha value is -2.41. The van der Waals surface area contributed by atoms with Crippen molar-refractivity contribution in [1.82, 2.24) is 10.3 Å². The van der Waals surface area contributed by atoms with Crippen molar-refractivity contribution in [1.29, 1.82) is 0 Å². The maximum absolute atomic E-state index is 12.8. The van der Waals surface area contributed by atoms with E-state index in [1.165, 1.54) is 12.1 Å². The molecule has 3 rings (SSSR count). The van der Waals surface area contributed by atoms with E-state index in [4.69, 9.17) is 0 Å². The molecule has 2 aromatic rings. The van der Waals surface area contributed by atoms with Gasteiger partial charge < -0.3 is 10.4 Å². The van der Waals surface area contributed by atoms with Crippen LogP contribution in [-0.4, -0.2) is 22.1 Å². The molecule has 1 fully saturated rings.